The number of sulfonamides is 1. The lowest BCUT2D eigenvalue weighted by Crippen LogP contribution is -2.49. The van der Waals surface area contributed by atoms with Crippen molar-refractivity contribution in [3.05, 3.63) is 59.1 Å². The average molecular weight is 466 g/mol. The second-order valence-electron chi connectivity index (χ2n) is 8.26. The van der Waals surface area contributed by atoms with Gasteiger partial charge in [-0.15, -0.1) is 0 Å². The minimum Gasteiger partial charge on any atom is -0.346 e. The molecule has 2 heterocycles. The predicted molar refractivity (Wildman–Crippen MR) is 115 cm³/mol. The second-order valence-corrected chi connectivity index (χ2v) is 10.5. The van der Waals surface area contributed by atoms with Crippen molar-refractivity contribution < 1.29 is 17.6 Å². The molecular formula is C22H25ClFN3O3S. The number of aromatic nitrogens is 1. The molecule has 0 unspecified atom stereocenters. The van der Waals surface area contributed by atoms with Crippen LogP contribution in [0.1, 0.15) is 44.1 Å². The highest BCUT2D eigenvalue weighted by Gasteiger charge is 2.40. The van der Waals surface area contributed by atoms with Gasteiger partial charge in [-0.1, -0.05) is 36.6 Å². The summed E-state index contributed by atoms with van der Waals surface area (Å²) in [7, 11) is -3.75. The molecule has 0 atom stereocenters. The molecule has 1 saturated heterocycles. The number of nitrogens with zero attached hydrogens (tertiary/aromatic N) is 2. The number of nitrogens with one attached hydrogen (secondary N) is 1. The second kappa shape index (κ2) is 8.84. The van der Waals surface area contributed by atoms with Gasteiger partial charge in [0, 0.05) is 25.2 Å². The highest BCUT2D eigenvalue weighted by atomic mass is 35.5. The van der Waals surface area contributed by atoms with Gasteiger partial charge in [-0.05, 0) is 55.5 Å². The van der Waals surface area contributed by atoms with Crippen LogP contribution in [0.3, 0.4) is 0 Å². The van der Waals surface area contributed by atoms with Gasteiger partial charge in [0.05, 0.1) is 5.54 Å². The molecule has 0 radical (unpaired) electrons. The first-order chi connectivity index (χ1) is 14.8. The number of piperidine rings is 1. The molecule has 1 aliphatic heterocycles. The van der Waals surface area contributed by atoms with Crippen molar-refractivity contribution in [3.8, 4) is 0 Å². The highest BCUT2D eigenvalue weighted by molar-refractivity contribution is 7.89. The molecule has 31 heavy (non-hydrogen) atoms. The predicted octanol–water partition coefficient (Wildman–Crippen LogP) is 3.86. The Labute approximate surface area is 186 Å². The molecule has 1 saturated carbocycles. The minimum atomic E-state index is -3.75. The Morgan fingerprint density at radius 1 is 1.13 bits per heavy atom. The molecule has 2 aliphatic rings. The van der Waals surface area contributed by atoms with E-state index in [-0.39, 0.29) is 40.8 Å². The summed E-state index contributed by atoms with van der Waals surface area (Å²) in [6.07, 6.45) is 5.94. The number of carbonyl (C=O) groups excluding carboxylic acids is 1. The fourth-order valence-corrected chi connectivity index (χ4v) is 6.53. The maximum absolute atomic E-state index is 13.4. The zero-order chi connectivity index (χ0) is 22.1. The van der Waals surface area contributed by atoms with E-state index in [1.165, 1.54) is 34.8 Å². The summed E-state index contributed by atoms with van der Waals surface area (Å²) in [5, 5.41) is 3.18. The van der Waals surface area contributed by atoms with E-state index in [9.17, 15) is 17.6 Å². The number of benzene rings is 1. The van der Waals surface area contributed by atoms with Crippen molar-refractivity contribution in [2.75, 3.05) is 13.1 Å². The van der Waals surface area contributed by atoms with Crippen LogP contribution in [0.4, 0.5) is 4.39 Å². The third kappa shape index (κ3) is 4.47. The number of pyridine rings is 1. The minimum absolute atomic E-state index is 0.0132. The summed E-state index contributed by atoms with van der Waals surface area (Å²) in [5.41, 5.74) is 0.447. The monoisotopic (exact) mass is 465 g/mol. The van der Waals surface area contributed by atoms with Crippen molar-refractivity contribution in [2.24, 2.45) is 5.92 Å². The third-order valence-corrected chi connectivity index (χ3v) is 8.73. The maximum Gasteiger partial charge on any atom is 0.246 e. The summed E-state index contributed by atoms with van der Waals surface area (Å²) in [6.45, 7) is 0.490. The first kappa shape index (κ1) is 22.2. The molecule has 4 rings (SSSR count). The lowest BCUT2D eigenvalue weighted by Gasteiger charge is -2.35. The van der Waals surface area contributed by atoms with Crippen LogP contribution in [0.2, 0.25) is 5.15 Å². The van der Waals surface area contributed by atoms with Crippen LogP contribution in [-0.2, 0) is 20.4 Å². The Morgan fingerprint density at radius 2 is 1.77 bits per heavy atom. The van der Waals surface area contributed by atoms with Gasteiger partial charge in [0.2, 0.25) is 15.9 Å². The normalized spacial score (nSPS) is 19.9. The van der Waals surface area contributed by atoms with Gasteiger partial charge in [0.1, 0.15) is 15.9 Å². The Kier molecular flexibility index (Phi) is 6.32. The average Bonchev–Trinajstić information content (AvgIpc) is 3.24. The quantitative estimate of drug-likeness (QED) is 0.680. The maximum atomic E-state index is 13.4. The summed E-state index contributed by atoms with van der Waals surface area (Å²) < 4.78 is 40.5. The number of halogens is 2. The van der Waals surface area contributed by atoms with E-state index in [0.29, 0.717) is 12.8 Å². The molecule has 166 valence electrons. The zero-order valence-corrected chi connectivity index (χ0v) is 18.6. The molecule has 1 aliphatic carbocycles. The topological polar surface area (TPSA) is 79.4 Å². The smallest absolute Gasteiger partial charge is 0.246 e. The molecule has 9 heteroatoms. The summed E-state index contributed by atoms with van der Waals surface area (Å²) >= 11 is 5.98. The molecule has 2 fully saturated rings. The van der Waals surface area contributed by atoms with Crippen molar-refractivity contribution in [1.82, 2.24) is 14.6 Å². The van der Waals surface area contributed by atoms with Gasteiger partial charge in [0.25, 0.3) is 0 Å². The van der Waals surface area contributed by atoms with Crippen molar-refractivity contribution >= 4 is 27.5 Å². The van der Waals surface area contributed by atoms with E-state index < -0.39 is 15.6 Å². The van der Waals surface area contributed by atoms with Crippen molar-refractivity contribution in [3.63, 3.8) is 0 Å². The molecule has 1 N–H and O–H groups in total. The lowest BCUT2D eigenvalue weighted by atomic mass is 9.86. The van der Waals surface area contributed by atoms with Crippen LogP contribution >= 0.6 is 11.6 Å². The van der Waals surface area contributed by atoms with Crippen LogP contribution in [0.5, 0.6) is 0 Å². The molecule has 1 amide bonds. The molecule has 1 aromatic carbocycles. The third-order valence-electron chi connectivity index (χ3n) is 6.38. The van der Waals surface area contributed by atoms with Crippen LogP contribution in [-0.4, -0.2) is 36.7 Å². The van der Waals surface area contributed by atoms with Gasteiger partial charge in [-0.25, -0.2) is 17.8 Å². The Balaban J connectivity index is 1.43. The van der Waals surface area contributed by atoms with Gasteiger partial charge >= 0.3 is 0 Å². The first-order valence-corrected chi connectivity index (χ1v) is 12.3. The lowest BCUT2D eigenvalue weighted by molar-refractivity contribution is -0.128. The fraction of sp³-hybridized carbons (Fsp3) is 0.455. The van der Waals surface area contributed by atoms with Gasteiger partial charge in [-0.3, -0.25) is 4.79 Å². The first-order valence-electron chi connectivity index (χ1n) is 10.5. The van der Waals surface area contributed by atoms with E-state index in [4.69, 9.17) is 11.6 Å². The summed E-state index contributed by atoms with van der Waals surface area (Å²) in [5.74, 6) is -0.637. The molecular weight excluding hydrogens is 441 g/mol. The number of hydrogen-bond acceptors (Lipinski definition) is 4. The van der Waals surface area contributed by atoms with Gasteiger partial charge < -0.3 is 5.32 Å². The van der Waals surface area contributed by atoms with Crippen LogP contribution in [0, 0.1) is 11.7 Å². The standard InChI is InChI=1S/C22H25ClFN3O3S/c23-20-19(4-3-13-25-20)31(29,30)27-14-9-16(10-15-27)21(28)26-22(11-1-2-12-22)17-5-7-18(24)8-6-17/h3-8,13,16H,1-2,9-12,14-15H2,(H,26,28). The number of amides is 1. The van der Waals surface area contributed by atoms with Gasteiger partial charge in [0.15, 0.2) is 0 Å². The number of carbonyl (C=O) groups is 1. The Bertz CT molecular complexity index is 1050. The van der Waals surface area contributed by atoms with E-state index in [1.807, 2.05) is 0 Å². The Morgan fingerprint density at radius 3 is 2.39 bits per heavy atom. The fourth-order valence-electron chi connectivity index (χ4n) is 4.63. The molecule has 6 nitrogen and oxygen atoms in total. The van der Waals surface area contributed by atoms with Crippen LogP contribution in [0.25, 0.3) is 0 Å². The Hall–Kier alpha value is -2.03. The zero-order valence-electron chi connectivity index (χ0n) is 17.1. The van der Waals surface area contributed by atoms with E-state index in [1.54, 1.807) is 12.1 Å². The number of hydrogen-bond donors (Lipinski definition) is 1. The highest BCUT2D eigenvalue weighted by Crippen LogP contribution is 2.39. The van der Waals surface area contributed by atoms with E-state index >= 15 is 0 Å². The number of rotatable bonds is 5. The summed E-state index contributed by atoms with van der Waals surface area (Å²) in [4.78, 5) is 16.9. The molecule has 0 bridgehead atoms. The largest absolute Gasteiger partial charge is 0.346 e. The summed E-state index contributed by atoms with van der Waals surface area (Å²) in [6, 6.07) is 9.32. The van der Waals surface area contributed by atoms with E-state index in [0.717, 1.165) is 31.2 Å². The SMILES string of the molecule is O=C(NC1(c2ccc(F)cc2)CCCC1)C1CCN(S(=O)(=O)c2cccnc2Cl)CC1. The molecule has 1 aromatic heterocycles. The van der Waals surface area contributed by atoms with Crippen LogP contribution in [0.15, 0.2) is 47.5 Å². The van der Waals surface area contributed by atoms with Crippen molar-refractivity contribution in [2.45, 2.75) is 49.0 Å². The molecule has 2 aromatic rings. The van der Waals surface area contributed by atoms with Gasteiger partial charge in [-0.2, -0.15) is 4.31 Å². The van der Waals surface area contributed by atoms with Crippen LogP contribution < -0.4 is 5.32 Å². The van der Waals surface area contributed by atoms with Crippen molar-refractivity contribution in [1.29, 1.82) is 0 Å². The molecule has 0 spiro atoms. The van der Waals surface area contributed by atoms with E-state index in [2.05, 4.69) is 10.3 Å².